The number of ether oxygens (including phenoxy) is 1. The first-order valence-electron chi connectivity index (χ1n) is 12.2. The van der Waals surface area contributed by atoms with Crippen molar-refractivity contribution in [1.82, 2.24) is 9.80 Å². The van der Waals surface area contributed by atoms with Crippen molar-refractivity contribution in [1.29, 1.82) is 0 Å². The minimum atomic E-state index is 0.355. The maximum atomic E-state index is 12.8. The zero-order valence-electron chi connectivity index (χ0n) is 19.7. The molecule has 0 aromatic heterocycles. The molecule has 1 aliphatic rings. The van der Waals surface area contributed by atoms with Gasteiger partial charge in [0.2, 0.25) is 5.91 Å². The SMILES string of the molecule is CCCCCCCCCCCC(=O)N1CCCN(C)C(Cc2ccc(OC)cc2)C1. The summed E-state index contributed by atoms with van der Waals surface area (Å²) in [7, 11) is 3.90. The second-order valence-electron chi connectivity index (χ2n) is 8.96. The van der Waals surface area contributed by atoms with E-state index in [0.29, 0.717) is 11.9 Å². The number of likely N-dealkylation sites (N-methyl/N-ethyl adjacent to an activating group) is 1. The van der Waals surface area contributed by atoms with E-state index in [4.69, 9.17) is 4.74 Å². The fourth-order valence-corrected chi connectivity index (χ4v) is 4.40. The molecule has 2 rings (SSSR count). The summed E-state index contributed by atoms with van der Waals surface area (Å²) in [6, 6.07) is 8.73. The number of methoxy groups -OCH3 is 1. The van der Waals surface area contributed by atoms with Crippen LogP contribution >= 0.6 is 0 Å². The first-order chi connectivity index (χ1) is 14.6. The summed E-state index contributed by atoms with van der Waals surface area (Å²) in [6.45, 7) is 5.07. The fourth-order valence-electron chi connectivity index (χ4n) is 4.40. The van der Waals surface area contributed by atoms with Crippen LogP contribution in [0.5, 0.6) is 5.75 Å². The standard InChI is InChI=1S/C26H44N2O2/c1-4-5-6-7-8-9-10-11-12-14-26(29)28-20-13-19-27(2)24(22-28)21-23-15-17-25(30-3)18-16-23/h15-18,24H,4-14,19-22H2,1-3H3. The predicted molar refractivity (Wildman–Crippen MR) is 126 cm³/mol. The molecule has 0 radical (unpaired) electrons. The summed E-state index contributed by atoms with van der Waals surface area (Å²) in [5.41, 5.74) is 1.31. The van der Waals surface area contributed by atoms with Crippen molar-refractivity contribution in [3.8, 4) is 5.75 Å². The third-order valence-corrected chi connectivity index (χ3v) is 6.47. The Hall–Kier alpha value is -1.55. The average Bonchev–Trinajstić information content (AvgIpc) is 2.94. The number of hydrogen-bond acceptors (Lipinski definition) is 3. The van der Waals surface area contributed by atoms with Crippen LogP contribution in [0.25, 0.3) is 0 Å². The van der Waals surface area contributed by atoms with Crippen molar-refractivity contribution in [2.45, 2.75) is 90.0 Å². The average molecular weight is 417 g/mol. The highest BCUT2D eigenvalue weighted by Crippen LogP contribution is 2.18. The Bertz CT molecular complexity index is 587. The van der Waals surface area contributed by atoms with Gasteiger partial charge in [-0.15, -0.1) is 0 Å². The van der Waals surface area contributed by atoms with E-state index in [2.05, 4.69) is 35.9 Å². The number of carbonyl (C=O) groups is 1. The molecule has 0 spiro atoms. The van der Waals surface area contributed by atoms with Crippen LogP contribution in [0, 0.1) is 0 Å². The first-order valence-corrected chi connectivity index (χ1v) is 12.2. The van der Waals surface area contributed by atoms with Crippen LogP contribution in [0.1, 0.15) is 83.1 Å². The van der Waals surface area contributed by atoms with Crippen molar-refractivity contribution in [2.75, 3.05) is 33.8 Å². The van der Waals surface area contributed by atoms with Gasteiger partial charge in [0.25, 0.3) is 0 Å². The van der Waals surface area contributed by atoms with E-state index in [1.807, 2.05) is 12.1 Å². The quantitative estimate of drug-likeness (QED) is 0.387. The second kappa shape index (κ2) is 14.5. The van der Waals surface area contributed by atoms with Gasteiger partial charge in [-0.05, 0) is 50.6 Å². The summed E-state index contributed by atoms with van der Waals surface area (Å²) in [4.78, 5) is 17.4. The third kappa shape index (κ3) is 9.07. The molecule has 1 atom stereocenters. The van der Waals surface area contributed by atoms with Gasteiger partial charge in [-0.25, -0.2) is 0 Å². The minimum Gasteiger partial charge on any atom is -0.497 e. The smallest absolute Gasteiger partial charge is 0.222 e. The van der Waals surface area contributed by atoms with E-state index in [1.54, 1.807) is 7.11 Å². The van der Waals surface area contributed by atoms with Crippen molar-refractivity contribution in [2.24, 2.45) is 0 Å². The Morgan fingerprint density at radius 1 is 0.967 bits per heavy atom. The monoisotopic (exact) mass is 416 g/mol. The van der Waals surface area contributed by atoms with E-state index in [-0.39, 0.29) is 0 Å². The van der Waals surface area contributed by atoms with E-state index in [1.165, 1.54) is 56.9 Å². The summed E-state index contributed by atoms with van der Waals surface area (Å²) >= 11 is 0. The van der Waals surface area contributed by atoms with Gasteiger partial charge in [-0.3, -0.25) is 4.79 Å². The van der Waals surface area contributed by atoms with Crippen molar-refractivity contribution in [3.05, 3.63) is 29.8 Å². The van der Waals surface area contributed by atoms with Gasteiger partial charge in [0.05, 0.1) is 7.11 Å². The Kier molecular flexibility index (Phi) is 11.9. The Labute approximate surface area is 185 Å². The maximum Gasteiger partial charge on any atom is 0.222 e. The first kappa shape index (κ1) is 24.7. The lowest BCUT2D eigenvalue weighted by Crippen LogP contribution is -2.42. The number of rotatable bonds is 13. The molecule has 1 aromatic rings. The van der Waals surface area contributed by atoms with Crippen LogP contribution in [0.2, 0.25) is 0 Å². The van der Waals surface area contributed by atoms with Crippen LogP contribution in [0.4, 0.5) is 0 Å². The number of carbonyl (C=O) groups excluding carboxylic acids is 1. The normalized spacial score (nSPS) is 17.7. The van der Waals surface area contributed by atoms with Gasteiger partial charge in [-0.1, -0.05) is 70.4 Å². The minimum absolute atomic E-state index is 0.355. The van der Waals surface area contributed by atoms with Crippen molar-refractivity contribution < 1.29 is 9.53 Å². The summed E-state index contributed by atoms with van der Waals surface area (Å²) in [5, 5.41) is 0. The number of nitrogens with zero attached hydrogens (tertiary/aromatic N) is 2. The van der Waals surface area contributed by atoms with Crippen LogP contribution in [-0.2, 0) is 11.2 Å². The molecule has 0 aliphatic carbocycles. The van der Waals surface area contributed by atoms with Crippen LogP contribution in [-0.4, -0.2) is 55.5 Å². The Balaban J connectivity index is 1.71. The lowest BCUT2D eigenvalue weighted by Gasteiger charge is -2.29. The molecular formula is C26H44N2O2. The second-order valence-corrected chi connectivity index (χ2v) is 8.96. The molecule has 1 aliphatic heterocycles. The summed E-state index contributed by atoms with van der Waals surface area (Å²) < 4.78 is 5.27. The molecule has 30 heavy (non-hydrogen) atoms. The van der Waals surface area contributed by atoms with Crippen molar-refractivity contribution >= 4 is 5.91 Å². The molecule has 170 valence electrons. The van der Waals surface area contributed by atoms with Gasteiger partial charge < -0.3 is 14.5 Å². The molecule has 4 nitrogen and oxygen atoms in total. The molecule has 0 saturated carbocycles. The zero-order chi connectivity index (χ0) is 21.6. The predicted octanol–water partition coefficient (Wildman–Crippen LogP) is 5.69. The van der Waals surface area contributed by atoms with E-state index in [0.717, 1.165) is 51.1 Å². The maximum absolute atomic E-state index is 12.8. The number of hydrogen-bond donors (Lipinski definition) is 0. The molecule has 0 bridgehead atoms. The number of unbranched alkanes of at least 4 members (excludes halogenated alkanes) is 8. The number of benzene rings is 1. The molecule has 1 saturated heterocycles. The Morgan fingerprint density at radius 2 is 1.60 bits per heavy atom. The van der Waals surface area contributed by atoms with E-state index >= 15 is 0 Å². The van der Waals surface area contributed by atoms with Gasteiger partial charge in [0.1, 0.15) is 5.75 Å². The van der Waals surface area contributed by atoms with Gasteiger partial charge >= 0.3 is 0 Å². The molecule has 1 aromatic carbocycles. The molecule has 0 N–H and O–H groups in total. The fraction of sp³-hybridized carbons (Fsp3) is 0.731. The van der Waals surface area contributed by atoms with Crippen LogP contribution < -0.4 is 4.74 Å². The summed E-state index contributed by atoms with van der Waals surface area (Å²) in [6.07, 6.45) is 14.4. The molecule has 4 heteroatoms. The van der Waals surface area contributed by atoms with Gasteiger partial charge in [0, 0.05) is 25.6 Å². The van der Waals surface area contributed by atoms with Crippen LogP contribution in [0.15, 0.2) is 24.3 Å². The van der Waals surface area contributed by atoms with E-state index in [9.17, 15) is 4.79 Å². The summed E-state index contributed by atoms with van der Waals surface area (Å²) in [5.74, 6) is 1.25. The third-order valence-electron chi connectivity index (χ3n) is 6.47. The highest BCUT2D eigenvalue weighted by Gasteiger charge is 2.25. The molecular weight excluding hydrogens is 372 g/mol. The largest absolute Gasteiger partial charge is 0.497 e. The lowest BCUT2D eigenvalue weighted by atomic mass is 10.0. The van der Waals surface area contributed by atoms with Crippen LogP contribution in [0.3, 0.4) is 0 Å². The van der Waals surface area contributed by atoms with Crippen molar-refractivity contribution in [3.63, 3.8) is 0 Å². The number of amides is 1. The molecule has 1 unspecified atom stereocenters. The van der Waals surface area contributed by atoms with Gasteiger partial charge in [-0.2, -0.15) is 0 Å². The highest BCUT2D eigenvalue weighted by atomic mass is 16.5. The lowest BCUT2D eigenvalue weighted by molar-refractivity contribution is -0.131. The Morgan fingerprint density at radius 3 is 2.23 bits per heavy atom. The zero-order valence-corrected chi connectivity index (χ0v) is 19.7. The molecule has 1 heterocycles. The van der Waals surface area contributed by atoms with Gasteiger partial charge in [0.15, 0.2) is 0 Å². The highest BCUT2D eigenvalue weighted by molar-refractivity contribution is 5.76. The molecule has 1 amide bonds. The topological polar surface area (TPSA) is 32.8 Å². The van der Waals surface area contributed by atoms with E-state index < -0.39 is 0 Å². The molecule has 1 fully saturated rings.